The molecule has 1 aliphatic carbocycles. The number of nitrogens with one attached hydrogen (secondary N) is 1. The van der Waals surface area contributed by atoms with Gasteiger partial charge in [0.05, 0.1) is 18.7 Å². The Kier molecular flexibility index (Phi) is 3.52. The molecule has 6 rings (SSSR count). The molecule has 2 aromatic carbocycles. The fourth-order valence-electron chi connectivity index (χ4n) is 4.75. The molecule has 0 radical (unpaired) electrons. The summed E-state index contributed by atoms with van der Waals surface area (Å²) in [7, 11) is 0. The Labute approximate surface area is 166 Å². The highest BCUT2D eigenvalue weighted by Crippen LogP contribution is 2.42. The van der Waals surface area contributed by atoms with Crippen molar-refractivity contribution in [3.05, 3.63) is 68.5 Å². The number of carboxylic acids is 1. The number of benzene rings is 2. The molecule has 6 heteroatoms. The fraction of sp³-hybridized carbons (Fsp3) is 0.304. The number of ether oxygens (including phenoxy) is 1. The molecule has 29 heavy (non-hydrogen) atoms. The highest BCUT2D eigenvalue weighted by atomic mass is 16.5. The van der Waals surface area contributed by atoms with E-state index in [0.717, 1.165) is 53.7 Å². The summed E-state index contributed by atoms with van der Waals surface area (Å²) in [5, 5.41) is 13.4. The van der Waals surface area contributed by atoms with Crippen LogP contribution in [-0.4, -0.2) is 15.6 Å². The van der Waals surface area contributed by atoms with Crippen molar-refractivity contribution < 1.29 is 14.6 Å². The number of aromatic nitrogens is 1. The van der Waals surface area contributed by atoms with Gasteiger partial charge in [0.25, 0.3) is 0 Å². The third kappa shape index (κ3) is 2.49. The average Bonchev–Trinajstić information content (AvgIpc) is 3.47. The van der Waals surface area contributed by atoms with Gasteiger partial charge in [0.2, 0.25) is 5.43 Å². The van der Waals surface area contributed by atoms with E-state index in [1.54, 1.807) is 6.07 Å². The number of pyridine rings is 1. The van der Waals surface area contributed by atoms with E-state index in [-0.39, 0.29) is 11.6 Å². The number of aromatic carboxylic acids is 1. The van der Waals surface area contributed by atoms with Crippen LogP contribution >= 0.6 is 0 Å². The molecular formula is C23H20N2O4. The fourth-order valence-corrected chi connectivity index (χ4v) is 4.75. The highest BCUT2D eigenvalue weighted by Gasteiger charge is 2.30. The number of carbonyl (C=O) groups is 1. The van der Waals surface area contributed by atoms with E-state index >= 15 is 0 Å². The molecule has 2 N–H and O–H groups in total. The largest absolute Gasteiger partial charge is 0.477 e. The predicted octanol–water partition coefficient (Wildman–Crippen LogP) is 3.34. The number of hydrogen-bond acceptors (Lipinski definition) is 4. The molecule has 0 saturated heterocycles. The van der Waals surface area contributed by atoms with Crippen molar-refractivity contribution in [1.82, 2.24) is 9.88 Å². The van der Waals surface area contributed by atoms with Gasteiger partial charge in [0.15, 0.2) is 0 Å². The second kappa shape index (κ2) is 6.02. The quantitative estimate of drug-likeness (QED) is 0.704. The summed E-state index contributed by atoms with van der Waals surface area (Å²) in [6, 6.07) is 8.47. The summed E-state index contributed by atoms with van der Waals surface area (Å²) in [5.74, 6) is -1.18. The molecule has 0 amide bonds. The summed E-state index contributed by atoms with van der Waals surface area (Å²) in [5.41, 5.74) is 7.23. The lowest BCUT2D eigenvalue weighted by Crippen LogP contribution is -2.19. The van der Waals surface area contributed by atoms with E-state index in [1.165, 1.54) is 17.3 Å². The van der Waals surface area contributed by atoms with Crippen LogP contribution in [0.1, 0.15) is 51.5 Å². The first-order chi connectivity index (χ1) is 14.1. The van der Waals surface area contributed by atoms with E-state index in [0.29, 0.717) is 18.6 Å². The van der Waals surface area contributed by atoms with Crippen molar-refractivity contribution in [1.29, 1.82) is 0 Å². The third-order valence-corrected chi connectivity index (χ3v) is 6.32. The Morgan fingerprint density at radius 3 is 2.62 bits per heavy atom. The Bertz CT molecular complexity index is 1270. The summed E-state index contributed by atoms with van der Waals surface area (Å²) in [4.78, 5) is 24.5. The molecule has 3 aromatic rings. The Morgan fingerprint density at radius 2 is 1.86 bits per heavy atom. The maximum Gasteiger partial charge on any atom is 0.341 e. The monoisotopic (exact) mass is 388 g/mol. The first-order valence-corrected chi connectivity index (χ1v) is 9.99. The van der Waals surface area contributed by atoms with Crippen LogP contribution in [0.15, 0.2) is 35.3 Å². The zero-order chi connectivity index (χ0) is 19.7. The SMILES string of the molecule is O=C(O)c1cn(C2CC2)c2c3c(ccc2c1=O)-c1cc2c(cc1COC3)CNC2. The van der Waals surface area contributed by atoms with Crippen molar-refractivity contribution in [2.24, 2.45) is 0 Å². The molecule has 0 atom stereocenters. The maximum atomic E-state index is 12.9. The van der Waals surface area contributed by atoms with E-state index in [9.17, 15) is 14.7 Å². The van der Waals surface area contributed by atoms with Gasteiger partial charge in [-0.25, -0.2) is 4.79 Å². The third-order valence-electron chi connectivity index (χ3n) is 6.32. The van der Waals surface area contributed by atoms with Gasteiger partial charge in [0, 0.05) is 36.3 Å². The number of rotatable bonds is 2. The van der Waals surface area contributed by atoms with Crippen LogP contribution in [0, 0.1) is 0 Å². The van der Waals surface area contributed by atoms with E-state index in [1.807, 2.05) is 10.6 Å². The Morgan fingerprint density at radius 1 is 1.07 bits per heavy atom. The number of carboxylic acid groups (broad SMARTS) is 1. The molecule has 1 aromatic heterocycles. The topological polar surface area (TPSA) is 80.6 Å². The molecule has 146 valence electrons. The molecule has 0 unspecified atom stereocenters. The minimum absolute atomic E-state index is 0.164. The lowest BCUT2D eigenvalue weighted by Gasteiger charge is -2.18. The van der Waals surface area contributed by atoms with Gasteiger partial charge in [-0.15, -0.1) is 0 Å². The first-order valence-electron chi connectivity index (χ1n) is 9.99. The Balaban J connectivity index is 1.68. The van der Waals surface area contributed by atoms with Gasteiger partial charge >= 0.3 is 5.97 Å². The van der Waals surface area contributed by atoms with Gasteiger partial charge in [-0.3, -0.25) is 4.79 Å². The van der Waals surface area contributed by atoms with E-state index < -0.39 is 11.4 Å². The van der Waals surface area contributed by atoms with E-state index in [2.05, 4.69) is 17.4 Å². The molecule has 3 aliphatic rings. The van der Waals surface area contributed by atoms with Gasteiger partial charge in [-0.2, -0.15) is 0 Å². The van der Waals surface area contributed by atoms with Crippen molar-refractivity contribution in [2.75, 3.05) is 0 Å². The average molecular weight is 388 g/mol. The van der Waals surface area contributed by atoms with Crippen LogP contribution in [0.2, 0.25) is 0 Å². The summed E-state index contributed by atoms with van der Waals surface area (Å²) < 4.78 is 8.04. The second-order valence-electron chi connectivity index (χ2n) is 8.18. The van der Waals surface area contributed by atoms with Crippen LogP contribution in [0.25, 0.3) is 22.0 Å². The maximum absolute atomic E-state index is 12.9. The van der Waals surface area contributed by atoms with E-state index in [4.69, 9.17) is 4.74 Å². The number of hydrogen-bond donors (Lipinski definition) is 2. The zero-order valence-electron chi connectivity index (χ0n) is 15.8. The van der Waals surface area contributed by atoms with Gasteiger partial charge in [0.1, 0.15) is 5.56 Å². The van der Waals surface area contributed by atoms with Crippen molar-refractivity contribution in [2.45, 2.75) is 45.2 Å². The van der Waals surface area contributed by atoms with Gasteiger partial charge < -0.3 is 19.7 Å². The minimum atomic E-state index is -1.18. The Hall–Kier alpha value is -2.96. The summed E-state index contributed by atoms with van der Waals surface area (Å²) in [6.45, 7) is 2.68. The smallest absolute Gasteiger partial charge is 0.341 e. The summed E-state index contributed by atoms with van der Waals surface area (Å²) >= 11 is 0. The molecule has 3 heterocycles. The molecule has 2 aliphatic heterocycles. The summed E-state index contributed by atoms with van der Waals surface area (Å²) in [6.07, 6.45) is 3.53. The lowest BCUT2D eigenvalue weighted by atomic mass is 9.91. The van der Waals surface area contributed by atoms with Crippen LogP contribution in [0.4, 0.5) is 0 Å². The molecule has 0 spiro atoms. The van der Waals surface area contributed by atoms with Crippen LogP contribution in [0.3, 0.4) is 0 Å². The van der Waals surface area contributed by atoms with Crippen molar-refractivity contribution >= 4 is 16.9 Å². The van der Waals surface area contributed by atoms with Crippen LogP contribution in [0.5, 0.6) is 0 Å². The van der Waals surface area contributed by atoms with Crippen molar-refractivity contribution in [3.8, 4) is 11.1 Å². The standard InChI is InChI=1S/C23H20N2O4/c26-22-17-4-3-16-18-6-13-8-24-7-12(13)5-14(18)10-29-11-20(16)21(17)25(15-1-2-15)9-19(22)23(27)28/h3-6,9,15,24H,1-2,7-8,10-11H2,(H,27,28). The molecule has 0 bridgehead atoms. The molecular weight excluding hydrogens is 368 g/mol. The molecule has 1 saturated carbocycles. The minimum Gasteiger partial charge on any atom is -0.477 e. The molecule has 1 fully saturated rings. The van der Waals surface area contributed by atoms with Crippen LogP contribution < -0.4 is 10.7 Å². The number of nitrogens with zero attached hydrogens (tertiary/aromatic N) is 1. The second-order valence-corrected chi connectivity index (χ2v) is 8.18. The zero-order valence-corrected chi connectivity index (χ0v) is 15.8. The number of fused-ring (bicyclic) bond motifs is 6. The van der Waals surface area contributed by atoms with Crippen molar-refractivity contribution in [3.63, 3.8) is 0 Å². The predicted molar refractivity (Wildman–Crippen MR) is 108 cm³/mol. The highest BCUT2D eigenvalue weighted by molar-refractivity contribution is 5.96. The normalized spacial score (nSPS) is 17.5. The van der Waals surface area contributed by atoms with Gasteiger partial charge in [-0.1, -0.05) is 12.1 Å². The first kappa shape index (κ1) is 16.9. The van der Waals surface area contributed by atoms with Crippen LogP contribution in [-0.2, 0) is 31.0 Å². The molecule has 6 nitrogen and oxygen atoms in total. The lowest BCUT2D eigenvalue weighted by molar-refractivity contribution is 0.0695. The van der Waals surface area contributed by atoms with Gasteiger partial charge in [-0.05, 0) is 52.8 Å².